The number of rotatable bonds is 7. The second-order valence-corrected chi connectivity index (χ2v) is 8.06. The van der Waals surface area contributed by atoms with E-state index in [1.165, 1.54) is 9.80 Å². The van der Waals surface area contributed by atoms with Gasteiger partial charge in [0.1, 0.15) is 5.57 Å². The molecule has 0 unspecified atom stereocenters. The fraction of sp³-hybridized carbons (Fsp3) is 0.292. The molecule has 0 spiro atoms. The summed E-state index contributed by atoms with van der Waals surface area (Å²) in [6, 6.07) is 12.0. The molecule has 32 heavy (non-hydrogen) atoms. The predicted octanol–water partition coefficient (Wildman–Crippen LogP) is 5.09. The van der Waals surface area contributed by atoms with E-state index in [1.807, 2.05) is 20.8 Å². The highest BCUT2D eigenvalue weighted by molar-refractivity contribution is 7.80. The van der Waals surface area contributed by atoms with E-state index in [4.69, 9.17) is 33.3 Å². The number of thiocarbonyl (C=S) groups is 1. The van der Waals surface area contributed by atoms with Crippen LogP contribution in [0.2, 0.25) is 5.02 Å². The summed E-state index contributed by atoms with van der Waals surface area (Å²) < 4.78 is 11.3. The first-order valence-corrected chi connectivity index (χ1v) is 11.1. The zero-order valence-electron chi connectivity index (χ0n) is 18.4. The molecule has 168 valence electrons. The number of ether oxygens (including phenoxy) is 2. The average Bonchev–Trinajstić information content (AvgIpc) is 2.79. The average molecular weight is 473 g/mol. The number of carbonyl (C=O) groups excluding carboxylic acids is 2. The molecular weight excluding hydrogens is 448 g/mol. The first-order chi connectivity index (χ1) is 15.3. The van der Waals surface area contributed by atoms with Crippen molar-refractivity contribution in [3.8, 4) is 11.5 Å². The van der Waals surface area contributed by atoms with E-state index in [0.29, 0.717) is 34.3 Å². The number of halogens is 1. The molecule has 1 heterocycles. The van der Waals surface area contributed by atoms with E-state index >= 15 is 0 Å². The van der Waals surface area contributed by atoms with Gasteiger partial charge in [-0.2, -0.15) is 0 Å². The minimum absolute atomic E-state index is 0.00745. The van der Waals surface area contributed by atoms with Gasteiger partial charge in [-0.1, -0.05) is 24.6 Å². The van der Waals surface area contributed by atoms with E-state index in [1.54, 1.807) is 55.7 Å². The fourth-order valence-electron chi connectivity index (χ4n) is 3.21. The van der Waals surface area contributed by atoms with Crippen LogP contribution in [0.15, 0.2) is 48.0 Å². The zero-order valence-corrected chi connectivity index (χ0v) is 20.0. The quantitative estimate of drug-likeness (QED) is 0.319. The largest absolute Gasteiger partial charge is 0.493 e. The number of amides is 2. The maximum atomic E-state index is 13.3. The third-order valence-corrected chi connectivity index (χ3v) is 5.79. The Hall–Kier alpha value is -2.90. The van der Waals surface area contributed by atoms with Crippen molar-refractivity contribution in [1.29, 1.82) is 0 Å². The lowest BCUT2D eigenvalue weighted by Gasteiger charge is -2.36. The van der Waals surface area contributed by atoms with Crippen LogP contribution in [0.4, 0.5) is 5.69 Å². The summed E-state index contributed by atoms with van der Waals surface area (Å²) in [4.78, 5) is 29.1. The van der Waals surface area contributed by atoms with Gasteiger partial charge in [0.25, 0.3) is 11.8 Å². The highest BCUT2D eigenvalue weighted by Crippen LogP contribution is 2.32. The van der Waals surface area contributed by atoms with Crippen molar-refractivity contribution >= 4 is 52.5 Å². The lowest BCUT2D eigenvalue weighted by Crippen LogP contribution is -2.56. The Labute approximate surface area is 198 Å². The number of nitrogens with zero attached hydrogens (tertiary/aromatic N) is 2. The summed E-state index contributed by atoms with van der Waals surface area (Å²) in [5, 5.41) is 0.673. The van der Waals surface area contributed by atoms with E-state index in [2.05, 4.69) is 0 Å². The summed E-state index contributed by atoms with van der Waals surface area (Å²) >= 11 is 11.4. The zero-order chi connectivity index (χ0) is 23.4. The molecule has 1 aliphatic rings. The van der Waals surface area contributed by atoms with Gasteiger partial charge in [0, 0.05) is 11.6 Å². The molecule has 6 nitrogen and oxygen atoms in total. The molecule has 0 aromatic heterocycles. The highest BCUT2D eigenvalue weighted by Gasteiger charge is 2.39. The molecule has 0 aliphatic carbocycles. The SMILES string of the molecule is CC[C@@H](C)Oc1ccc(/C=C2\C(=O)N(CC)C(=S)N(c3ccc(Cl)cc3)C2=O)cc1OC. The summed E-state index contributed by atoms with van der Waals surface area (Å²) in [6.07, 6.45) is 2.43. The van der Waals surface area contributed by atoms with Crippen LogP contribution in [0.5, 0.6) is 11.5 Å². The van der Waals surface area contributed by atoms with Crippen molar-refractivity contribution < 1.29 is 19.1 Å². The van der Waals surface area contributed by atoms with Gasteiger partial charge in [-0.3, -0.25) is 19.4 Å². The Balaban J connectivity index is 2.02. The van der Waals surface area contributed by atoms with Crippen molar-refractivity contribution in [2.75, 3.05) is 18.6 Å². The number of hydrogen-bond acceptors (Lipinski definition) is 5. The maximum absolute atomic E-state index is 13.3. The molecule has 0 saturated carbocycles. The van der Waals surface area contributed by atoms with Crippen molar-refractivity contribution in [2.24, 2.45) is 0 Å². The van der Waals surface area contributed by atoms with Gasteiger partial charge in [-0.25, -0.2) is 0 Å². The van der Waals surface area contributed by atoms with Gasteiger partial charge < -0.3 is 9.47 Å². The van der Waals surface area contributed by atoms with Crippen molar-refractivity contribution in [3.63, 3.8) is 0 Å². The van der Waals surface area contributed by atoms with Gasteiger partial charge in [-0.05, 0) is 80.5 Å². The number of hydrogen-bond donors (Lipinski definition) is 0. The second kappa shape index (κ2) is 10.1. The Kier molecular flexibility index (Phi) is 7.53. The number of benzene rings is 2. The van der Waals surface area contributed by atoms with Gasteiger partial charge >= 0.3 is 0 Å². The fourth-order valence-corrected chi connectivity index (χ4v) is 3.74. The van der Waals surface area contributed by atoms with Crippen LogP contribution in [-0.4, -0.2) is 41.6 Å². The Morgan fingerprint density at radius 3 is 2.34 bits per heavy atom. The molecule has 3 rings (SSSR count). The highest BCUT2D eigenvalue weighted by atomic mass is 35.5. The molecule has 2 amide bonds. The van der Waals surface area contributed by atoms with E-state index in [9.17, 15) is 9.59 Å². The number of methoxy groups -OCH3 is 1. The van der Waals surface area contributed by atoms with E-state index in [-0.39, 0.29) is 16.8 Å². The predicted molar refractivity (Wildman–Crippen MR) is 130 cm³/mol. The molecule has 2 aromatic carbocycles. The number of carbonyl (C=O) groups is 2. The normalized spacial score (nSPS) is 16.5. The first kappa shape index (κ1) is 23.8. The van der Waals surface area contributed by atoms with Gasteiger partial charge in [0.05, 0.1) is 18.9 Å². The van der Waals surface area contributed by atoms with E-state index in [0.717, 1.165) is 6.42 Å². The van der Waals surface area contributed by atoms with Crippen LogP contribution in [-0.2, 0) is 9.59 Å². The Morgan fingerprint density at radius 2 is 1.75 bits per heavy atom. The Bertz CT molecular complexity index is 1070. The first-order valence-electron chi connectivity index (χ1n) is 10.3. The van der Waals surface area contributed by atoms with Crippen LogP contribution in [0, 0.1) is 0 Å². The van der Waals surface area contributed by atoms with Crippen LogP contribution in [0.25, 0.3) is 6.08 Å². The third kappa shape index (κ3) is 4.79. The summed E-state index contributed by atoms with van der Waals surface area (Å²) in [7, 11) is 1.55. The summed E-state index contributed by atoms with van der Waals surface area (Å²) in [5.74, 6) is 0.190. The van der Waals surface area contributed by atoms with Crippen LogP contribution in [0.1, 0.15) is 32.8 Å². The minimum Gasteiger partial charge on any atom is -0.493 e. The van der Waals surface area contributed by atoms with E-state index < -0.39 is 11.8 Å². The van der Waals surface area contributed by atoms with Crippen molar-refractivity contribution in [3.05, 3.63) is 58.6 Å². The molecule has 0 bridgehead atoms. The second-order valence-electron chi connectivity index (χ2n) is 7.25. The molecule has 8 heteroatoms. The van der Waals surface area contributed by atoms with Gasteiger partial charge in [-0.15, -0.1) is 0 Å². The lowest BCUT2D eigenvalue weighted by molar-refractivity contribution is -0.127. The van der Waals surface area contributed by atoms with Crippen molar-refractivity contribution in [1.82, 2.24) is 4.90 Å². The van der Waals surface area contributed by atoms with Gasteiger partial charge in [0.2, 0.25) is 0 Å². The molecule has 2 aromatic rings. The van der Waals surface area contributed by atoms with Crippen molar-refractivity contribution in [2.45, 2.75) is 33.3 Å². The van der Waals surface area contributed by atoms with Crippen LogP contribution >= 0.6 is 23.8 Å². The lowest BCUT2D eigenvalue weighted by atomic mass is 10.1. The Morgan fingerprint density at radius 1 is 1.06 bits per heavy atom. The number of anilines is 1. The van der Waals surface area contributed by atoms with Gasteiger partial charge in [0.15, 0.2) is 16.6 Å². The maximum Gasteiger partial charge on any atom is 0.270 e. The summed E-state index contributed by atoms with van der Waals surface area (Å²) in [5.41, 5.74) is 1.18. The molecule has 0 radical (unpaired) electrons. The minimum atomic E-state index is -0.495. The molecule has 0 N–H and O–H groups in total. The van der Waals surface area contributed by atoms with Crippen LogP contribution < -0.4 is 14.4 Å². The van der Waals surface area contributed by atoms with Crippen LogP contribution in [0.3, 0.4) is 0 Å². The summed E-state index contributed by atoms with van der Waals surface area (Å²) in [6.45, 7) is 6.15. The molecule has 1 fully saturated rings. The molecule has 1 atom stereocenters. The molecule has 1 aliphatic heterocycles. The third-order valence-electron chi connectivity index (χ3n) is 5.13. The molecular formula is C24H25ClN2O4S. The smallest absolute Gasteiger partial charge is 0.270 e. The topological polar surface area (TPSA) is 59.1 Å². The number of likely N-dealkylation sites (N-methyl/N-ethyl adjacent to an activating group) is 1. The monoisotopic (exact) mass is 472 g/mol. The molecule has 1 saturated heterocycles. The standard InChI is InChI=1S/C24H25ClN2O4S/c1-5-15(3)31-20-12-7-16(14-21(20)30-4)13-19-22(28)26(6-2)24(32)27(23(19)29)18-10-8-17(25)9-11-18/h7-15H,5-6H2,1-4H3/b19-13+/t15-/m1/s1.